The summed E-state index contributed by atoms with van der Waals surface area (Å²) >= 11 is 3.31. The molecule has 0 fully saturated rings. The Hall–Kier alpha value is -0.760. The van der Waals surface area contributed by atoms with E-state index in [1.165, 1.54) is 0 Å². The second-order valence-electron chi connectivity index (χ2n) is 2.29. The monoisotopic (exact) mass is 310 g/mol. The van der Waals surface area contributed by atoms with Gasteiger partial charge in [-0.15, -0.1) is 26.3 Å². The van der Waals surface area contributed by atoms with Gasteiger partial charge in [0.05, 0.1) is 0 Å². The van der Waals surface area contributed by atoms with E-state index in [-0.39, 0.29) is 0 Å². The van der Waals surface area contributed by atoms with Crippen LogP contribution in [0.2, 0.25) is 0 Å². The van der Waals surface area contributed by atoms with Crippen LogP contribution in [0.4, 0.5) is 26.3 Å². The second-order valence-corrected chi connectivity index (χ2v) is 3.20. The molecule has 0 saturated heterocycles. The average Bonchev–Trinajstić information content (AvgIpc) is 1.99. The largest absolute Gasteiger partial charge is 0.529 e. The number of ether oxygens (including phenoxy) is 1. The van der Waals surface area contributed by atoms with E-state index in [0.717, 1.165) is 4.47 Å². The zero-order chi connectivity index (χ0) is 12.8. The molecule has 0 aliphatic heterocycles. The van der Waals surface area contributed by atoms with Gasteiger partial charge in [0, 0.05) is 4.47 Å². The fourth-order valence-corrected chi connectivity index (χ4v) is 0.851. The lowest BCUT2D eigenvalue weighted by Gasteiger charge is -2.08. The maximum absolute atomic E-state index is 10.6. The number of alkyl halides is 6. The highest BCUT2D eigenvalue weighted by Gasteiger charge is 2.45. The topological polar surface area (TPSA) is 9.23 Å². The van der Waals surface area contributed by atoms with Crippen molar-refractivity contribution in [2.24, 2.45) is 0 Å². The Morgan fingerprint density at radius 2 is 1.19 bits per heavy atom. The van der Waals surface area contributed by atoms with E-state index in [1.807, 2.05) is 30.3 Å². The number of hydrogen-bond donors (Lipinski definition) is 0. The molecule has 0 saturated carbocycles. The van der Waals surface area contributed by atoms with E-state index >= 15 is 0 Å². The molecule has 1 rings (SSSR count). The van der Waals surface area contributed by atoms with E-state index in [4.69, 9.17) is 0 Å². The van der Waals surface area contributed by atoms with Crippen LogP contribution in [0.3, 0.4) is 0 Å². The Morgan fingerprint density at radius 1 is 0.812 bits per heavy atom. The SMILES string of the molecule is Brc1ccccc1.FC(F)(F)OC(F)(F)F. The third kappa shape index (κ3) is 11.3. The molecule has 16 heavy (non-hydrogen) atoms. The Labute approximate surface area is 95.1 Å². The van der Waals surface area contributed by atoms with Gasteiger partial charge in [0.2, 0.25) is 0 Å². The summed E-state index contributed by atoms with van der Waals surface area (Å²) in [5.74, 6) is 0. The molecule has 92 valence electrons. The van der Waals surface area contributed by atoms with Gasteiger partial charge in [-0.25, -0.2) is 0 Å². The average molecular weight is 311 g/mol. The molecule has 0 aromatic heterocycles. The Balaban J connectivity index is 0.000000288. The fourth-order valence-electron chi connectivity index (χ4n) is 0.546. The molecule has 0 spiro atoms. The molecule has 0 aliphatic carbocycles. The van der Waals surface area contributed by atoms with Gasteiger partial charge >= 0.3 is 12.7 Å². The molecular formula is C8H5BrF6O. The summed E-state index contributed by atoms with van der Waals surface area (Å²) in [6, 6.07) is 9.97. The van der Waals surface area contributed by atoms with Gasteiger partial charge in [0.15, 0.2) is 0 Å². The first kappa shape index (κ1) is 15.2. The van der Waals surface area contributed by atoms with Crippen LogP contribution in [-0.2, 0) is 4.74 Å². The summed E-state index contributed by atoms with van der Waals surface area (Å²) in [5, 5.41) is 0. The van der Waals surface area contributed by atoms with Gasteiger partial charge in [-0.05, 0) is 12.1 Å². The maximum atomic E-state index is 10.6. The quantitative estimate of drug-likeness (QED) is 0.641. The summed E-state index contributed by atoms with van der Waals surface area (Å²) < 4.78 is 66.4. The minimum atomic E-state index is -5.64. The van der Waals surface area contributed by atoms with Crippen LogP contribution < -0.4 is 0 Å². The molecule has 0 unspecified atom stereocenters. The van der Waals surface area contributed by atoms with Crippen LogP contribution >= 0.6 is 15.9 Å². The summed E-state index contributed by atoms with van der Waals surface area (Å²) in [7, 11) is 0. The van der Waals surface area contributed by atoms with Crippen molar-refractivity contribution in [2.75, 3.05) is 0 Å². The lowest BCUT2D eigenvalue weighted by molar-refractivity contribution is -0.463. The predicted octanol–water partition coefficient (Wildman–Crippen LogP) is 4.49. The Morgan fingerprint density at radius 3 is 1.31 bits per heavy atom. The highest BCUT2D eigenvalue weighted by atomic mass is 79.9. The third-order valence-electron chi connectivity index (χ3n) is 0.965. The van der Waals surface area contributed by atoms with E-state index in [0.29, 0.717) is 0 Å². The summed E-state index contributed by atoms with van der Waals surface area (Å²) in [6.07, 6.45) is -11.3. The minimum absolute atomic E-state index is 1.13. The van der Waals surface area contributed by atoms with Crippen LogP contribution in [0.15, 0.2) is 34.8 Å². The van der Waals surface area contributed by atoms with Gasteiger partial charge in [-0.2, -0.15) is 4.74 Å². The number of benzene rings is 1. The molecule has 1 nitrogen and oxygen atoms in total. The molecule has 0 aliphatic rings. The van der Waals surface area contributed by atoms with Crippen molar-refractivity contribution < 1.29 is 31.1 Å². The third-order valence-corrected chi connectivity index (χ3v) is 1.49. The van der Waals surface area contributed by atoms with Crippen molar-refractivity contribution in [3.63, 3.8) is 0 Å². The van der Waals surface area contributed by atoms with Crippen LogP contribution in [0.5, 0.6) is 0 Å². The van der Waals surface area contributed by atoms with Crippen LogP contribution in [-0.4, -0.2) is 12.7 Å². The molecule has 0 bridgehead atoms. The van der Waals surface area contributed by atoms with E-state index in [2.05, 4.69) is 15.9 Å². The van der Waals surface area contributed by atoms with Gasteiger partial charge in [0.25, 0.3) is 0 Å². The maximum Gasteiger partial charge on any atom is 0.529 e. The number of halogens is 7. The van der Waals surface area contributed by atoms with Crippen LogP contribution in [0.1, 0.15) is 0 Å². The zero-order valence-corrected chi connectivity index (χ0v) is 9.03. The number of rotatable bonds is 0. The molecule has 1 aromatic carbocycles. The summed E-state index contributed by atoms with van der Waals surface area (Å²) in [5.41, 5.74) is 0. The van der Waals surface area contributed by atoms with Crippen LogP contribution in [0, 0.1) is 0 Å². The molecule has 0 amide bonds. The Bertz CT molecular complexity index is 282. The van der Waals surface area contributed by atoms with Crippen molar-refractivity contribution >= 4 is 15.9 Å². The molecule has 8 heteroatoms. The lowest BCUT2D eigenvalue weighted by atomic mass is 10.4. The van der Waals surface area contributed by atoms with Gasteiger partial charge in [-0.3, -0.25) is 0 Å². The lowest BCUT2D eigenvalue weighted by Crippen LogP contribution is -2.25. The zero-order valence-electron chi connectivity index (χ0n) is 7.44. The van der Waals surface area contributed by atoms with Crippen molar-refractivity contribution in [1.82, 2.24) is 0 Å². The van der Waals surface area contributed by atoms with Crippen molar-refractivity contribution in [3.05, 3.63) is 34.8 Å². The minimum Gasteiger partial charge on any atom is -0.196 e. The highest BCUT2D eigenvalue weighted by molar-refractivity contribution is 9.10. The summed E-state index contributed by atoms with van der Waals surface area (Å²) in [4.78, 5) is 0. The Kier molecular flexibility index (Phi) is 5.80. The first-order valence-corrected chi connectivity index (χ1v) is 4.43. The molecule has 0 N–H and O–H groups in total. The van der Waals surface area contributed by atoms with Crippen molar-refractivity contribution in [1.29, 1.82) is 0 Å². The van der Waals surface area contributed by atoms with Crippen molar-refractivity contribution in [3.8, 4) is 0 Å². The van der Waals surface area contributed by atoms with Crippen LogP contribution in [0.25, 0.3) is 0 Å². The summed E-state index contributed by atoms with van der Waals surface area (Å²) in [6.45, 7) is 0. The molecule has 0 heterocycles. The van der Waals surface area contributed by atoms with Crippen molar-refractivity contribution in [2.45, 2.75) is 12.7 Å². The standard InChI is InChI=1S/C6H5Br.C2F6O/c7-6-4-2-1-3-5-6;3-1(4,5)9-2(6,7)8/h1-5H;. The van der Waals surface area contributed by atoms with Gasteiger partial charge in [-0.1, -0.05) is 34.1 Å². The van der Waals surface area contributed by atoms with Gasteiger partial charge < -0.3 is 0 Å². The highest BCUT2D eigenvalue weighted by Crippen LogP contribution is 2.28. The van der Waals surface area contributed by atoms with E-state index < -0.39 is 12.7 Å². The molecular weight excluding hydrogens is 306 g/mol. The normalized spacial score (nSPS) is 11.7. The molecule has 1 aromatic rings. The van der Waals surface area contributed by atoms with E-state index in [1.54, 1.807) is 4.74 Å². The molecule has 0 radical (unpaired) electrons. The second kappa shape index (κ2) is 6.09. The first-order chi connectivity index (χ1) is 7.10. The molecule has 0 atom stereocenters. The first-order valence-electron chi connectivity index (χ1n) is 3.64. The number of hydrogen-bond acceptors (Lipinski definition) is 1. The van der Waals surface area contributed by atoms with E-state index in [9.17, 15) is 26.3 Å². The smallest absolute Gasteiger partial charge is 0.196 e. The van der Waals surface area contributed by atoms with Gasteiger partial charge in [0.1, 0.15) is 0 Å². The fraction of sp³-hybridized carbons (Fsp3) is 0.250. The predicted molar refractivity (Wildman–Crippen MR) is 47.3 cm³/mol.